The number of nitrogens with one attached hydrogen (secondary N) is 1. The molecule has 2 heteroatoms. The Morgan fingerprint density at radius 3 is 2.43 bits per heavy atom. The smallest absolute Gasteiger partial charge is 0.0411 e. The molecule has 1 saturated carbocycles. The molecule has 0 aromatic heterocycles. The van der Waals surface area contributed by atoms with E-state index in [0.717, 1.165) is 6.54 Å². The van der Waals surface area contributed by atoms with Crippen molar-refractivity contribution in [3.8, 4) is 0 Å². The molecule has 0 heterocycles. The van der Waals surface area contributed by atoms with Crippen molar-refractivity contribution in [3.63, 3.8) is 0 Å². The molecule has 0 bridgehead atoms. The van der Waals surface area contributed by atoms with Crippen LogP contribution < -0.4 is 10.2 Å². The predicted molar refractivity (Wildman–Crippen MR) is 92.9 cm³/mol. The summed E-state index contributed by atoms with van der Waals surface area (Å²) in [6.45, 7) is 10.2. The zero-order valence-electron chi connectivity index (χ0n) is 14.4. The van der Waals surface area contributed by atoms with Gasteiger partial charge < -0.3 is 10.2 Å². The molecule has 1 aliphatic carbocycles. The maximum Gasteiger partial charge on any atom is 0.0411 e. The molecule has 0 unspecified atom stereocenters. The first-order chi connectivity index (χ1) is 9.89. The lowest BCUT2D eigenvalue weighted by Gasteiger charge is -2.40. The summed E-state index contributed by atoms with van der Waals surface area (Å²) in [6, 6.07) is 10.1. The van der Waals surface area contributed by atoms with E-state index in [-0.39, 0.29) is 0 Å². The molecule has 0 saturated heterocycles. The second kappa shape index (κ2) is 6.83. The summed E-state index contributed by atoms with van der Waals surface area (Å²) in [5, 5.41) is 3.55. The van der Waals surface area contributed by atoms with Crippen LogP contribution in [0.4, 0.5) is 5.69 Å². The van der Waals surface area contributed by atoms with Gasteiger partial charge in [0.05, 0.1) is 0 Å². The second-order valence-corrected chi connectivity index (χ2v) is 7.67. The SMILES string of the molecule is CC(C)NCc1ccccc1N(C)C1CCC(C)(C)CC1. The molecule has 1 aliphatic rings. The van der Waals surface area contributed by atoms with Gasteiger partial charge in [0.25, 0.3) is 0 Å². The molecule has 0 radical (unpaired) electrons. The van der Waals surface area contributed by atoms with Gasteiger partial charge in [0.1, 0.15) is 0 Å². The van der Waals surface area contributed by atoms with Crippen LogP contribution in [0.25, 0.3) is 0 Å². The van der Waals surface area contributed by atoms with Crippen molar-refractivity contribution >= 4 is 5.69 Å². The van der Waals surface area contributed by atoms with Crippen LogP contribution in [0.3, 0.4) is 0 Å². The van der Waals surface area contributed by atoms with E-state index in [1.807, 2.05) is 0 Å². The number of rotatable bonds is 5. The van der Waals surface area contributed by atoms with Crippen LogP contribution in [0.2, 0.25) is 0 Å². The lowest BCUT2D eigenvalue weighted by atomic mass is 9.75. The van der Waals surface area contributed by atoms with Gasteiger partial charge in [-0.25, -0.2) is 0 Å². The highest BCUT2D eigenvalue weighted by Gasteiger charge is 2.29. The standard InChI is InChI=1S/C19H32N2/c1-15(2)20-14-16-8-6-7-9-18(16)21(5)17-10-12-19(3,4)13-11-17/h6-9,15,17,20H,10-14H2,1-5H3. The number of anilines is 1. The number of hydrogen-bond donors (Lipinski definition) is 1. The lowest BCUT2D eigenvalue weighted by Crippen LogP contribution is -2.38. The van der Waals surface area contributed by atoms with Crippen molar-refractivity contribution < 1.29 is 0 Å². The third kappa shape index (κ3) is 4.47. The lowest BCUT2D eigenvalue weighted by molar-refractivity contribution is 0.222. The second-order valence-electron chi connectivity index (χ2n) is 7.67. The van der Waals surface area contributed by atoms with E-state index in [1.54, 1.807) is 0 Å². The molecule has 118 valence electrons. The highest BCUT2D eigenvalue weighted by atomic mass is 15.1. The number of para-hydroxylation sites is 1. The Morgan fingerprint density at radius 1 is 1.19 bits per heavy atom. The molecule has 21 heavy (non-hydrogen) atoms. The van der Waals surface area contributed by atoms with Crippen molar-refractivity contribution in [2.75, 3.05) is 11.9 Å². The first-order valence-electron chi connectivity index (χ1n) is 8.43. The minimum absolute atomic E-state index is 0.527. The molecule has 1 aromatic carbocycles. The molecule has 2 nitrogen and oxygen atoms in total. The Kier molecular flexibility index (Phi) is 5.32. The molecule has 1 aromatic rings. The molecule has 1 fully saturated rings. The van der Waals surface area contributed by atoms with Gasteiger partial charge in [-0.1, -0.05) is 45.9 Å². The topological polar surface area (TPSA) is 15.3 Å². The van der Waals surface area contributed by atoms with Crippen LogP contribution >= 0.6 is 0 Å². The van der Waals surface area contributed by atoms with E-state index in [9.17, 15) is 0 Å². The first-order valence-corrected chi connectivity index (χ1v) is 8.43. The van der Waals surface area contributed by atoms with E-state index in [0.29, 0.717) is 17.5 Å². The minimum atomic E-state index is 0.527. The van der Waals surface area contributed by atoms with E-state index < -0.39 is 0 Å². The Bertz CT molecular complexity index is 441. The van der Waals surface area contributed by atoms with Crippen LogP contribution in [0.15, 0.2) is 24.3 Å². The summed E-state index contributed by atoms with van der Waals surface area (Å²) in [5.41, 5.74) is 3.35. The predicted octanol–water partition coefficient (Wildman–Crippen LogP) is 4.59. The highest BCUT2D eigenvalue weighted by molar-refractivity contribution is 5.54. The van der Waals surface area contributed by atoms with Crippen LogP contribution in [-0.2, 0) is 6.54 Å². The molecule has 1 N–H and O–H groups in total. The van der Waals surface area contributed by atoms with Gasteiger partial charge in [0.2, 0.25) is 0 Å². The number of nitrogens with zero attached hydrogens (tertiary/aromatic N) is 1. The molecular weight excluding hydrogens is 256 g/mol. The zero-order chi connectivity index (χ0) is 15.5. The zero-order valence-corrected chi connectivity index (χ0v) is 14.4. The Morgan fingerprint density at radius 2 is 1.81 bits per heavy atom. The summed E-state index contributed by atoms with van der Waals surface area (Å²) in [5.74, 6) is 0. The molecule has 2 rings (SSSR count). The molecular formula is C19H32N2. The average molecular weight is 288 g/mol. The Balaban J connectivity index is 2.07. The van der Waals surface area contributed by atoms with Crippen LogP contribution in [0.5, 0.6) is 0 Å². The van der Waals surface area contributed by atoms with Crippen LogP contribution in [0.1, 0.15) is 58.9 Å². The largest absolute Gasteiger partial charge is 0.371 e. The van der Waals surface area contributed by atoms with Crippen molar-refractivity contribution in [3.05, 3.63) is 29.8 Å². The van der Waals surface area contributed by atoms with Gasteiger partial charge in [-0.2, -0.15) is 0 Å². The minimum Gasteiger partial charge on any atom is -0.371 e. The summed E-state index contributed by atoms with van der Waals surface area (Å²) in [4.78, 5) is 2.52. The summed E-state index contributed by atoms with van der Waals surface area (Å²) in [7, 11) is 2.27. The van der Waals surface area contributed by atoms with Gasteiger partial charge in [0, 0.05) is 31.4 Å². The van der Waals surface area contributed by atoms with Crippen LogP contribution in [-0.4, -0.2) is 19.1 Å². The molecule has 0 aliphatic heterocycles. The van der Waals surface area contributed by atoms with Gasteiger partial charge in [-0.05, 0) is 42.7 Å². The fraction of sp³-hybridized carbons (Fsp3) is 0.684. The monoisotopic (exact) mass is 288 g/mol. The fourth-order valence-corrected chi connectivity index (χ4v) is 3.29. The summed E-state index contributed by atoms with van der Waals surface area (Å²) >= 11 is 0. The van der Waals surface area contributed by atoms with Crippen molar-refractivity contribution in [1.82, 2.24) is 5.32 Å². The Labute approximate surface area is 130 Å². The maximum atomic E-state index is 3.55. The van der Waals surface area contributed by atoms with Crippen molar-refractivity contribution in [2.24, 2.45) is 5.41 Å². The summed E-state index contributed by atoms with van der Waals surface area (Å²) < 4.78 is 0. The number of hydrogen-bond acceptors (Lipinski definition) is 2. The van der Waals surface area contributed by atoms with E-state index >= 15 is 0 Å². The van der Waals surface area contributed by atoms with Gasteiger partial charge in [-0.3, -0.25) is 0 Å². The third-order valence-corrected chi connectivity index (χ3v) is 4.93. The highest BCUT2D eigenvalue weighted by Crippen LogP contribution is 2.38. The van der Waals surface area contributed by atoms with Crippen molar-refractivity contribution in [2.45, 2.75) is 72.0 Å². The van der Waals surface area contributed by atoms with Crippen LogP contribution in [0, 0.1) is 5.41 Å². The van der Waals surface area contributed by atoms with Crippen molar-refractivity contribution in [1.29, 1.82) is 0 Å². The van der Waals surface area contributed by atoms with E-state index in [2.05, 4.69) is 69.2 Å². The molecule has 0 spiro atoms. The normalized spacial score (nSPS) is 19.0. The van der Waals surface area contributed by atoms with E-state index in [4.69, 9.17) is 0 Å². The fourth-order valence-electron chi connectivity index (χ4n) is 3.29. The van der Waals surface area contributed by atoms with Gasteiger partial charge in [-0.15, -0.1) is 0 Å². The van der Waals surface area contributed by atoms with Gasteiger partial charge >= 0.3 is 0 Å². The molecule has 0 amide bonds. The summed E-state index contributed by atoms with van der Waals surface area (Å²) in [6.07, 6.45) is 5.31. The quantitative estimate of drug-likeness (QED) is 0.852. The first kappa shape index (κ1) is 16.4. The molecule has 0 atom stereocenters. The van der Waals surface area contributed by atoms with Gasteiger partial charge in [0.15, 0.2) is 0 Å². The average Bonchev–Trinajstić information content (AvgIpc) is 2.44. The van der Waals surface area contributed by atoms with E-state index in [1.165, 1.54) is 36.9 Å². The third-order valence-electron chi connectivity index (χ3n) is 4.93. The Hall–Kier alpha value is -1.02. The number of benzene rings is 1. The maximum absolute atomic E-state index is 3.55.